The van der Waals surface area contributed by atoms with E-state index in [1.54, 1.807) is 12.4 Å². The highest BCUT2D eigenvalue weighted by molar-refractivity contribution is 5.83. The average Bonchev–Trinajstić information content (AvgIpc) is 2.80. The molecule has 5 heteroatoms. The number of rotatable bonds is 5. The number of aromatic nitrogens is 1. The van der Waals surface area contributed by atoms with Gasteiger partial charge in [0.15, 0.2) is 0 Å². The van der Waals surface area contributed by atoms with E-state index in [0.29, 0.717) is 32.4 Å². The van der Waals surface area contributed by atoms with Crippen LogP contribution in [-0.2, 0) is 16.0 Å². The van der Waals surface area contributed by atoms with Crippen molar-refractivity contribution in [3.05, 3.63) is 54.4 Å². The lowest BCUT2D eigenvalue weighted by atomic mass is 9.72. The molecule has 30 heavy (non-hydrogen) atoms. The molecule has 1 saturated carbocycles. The summed E-state index contributed by atoms with van der Waals surface area (Å²) in [5, 5.41) is 0. The summed E-state index contributed by atoms with van der Waals surface area (Å²) in [6.45, 7) is 1.24. The molecule has 2 fully saturated rings. The number of pyridine rings is 1. The van der Waals surface area contributed by atoms with Gasteiger partial charge < -0.3 is 10.6 Å². The molecule has 1 aromatic carbocycles. The van der Waals surface area contributed by atoms with Crippen LogP contribution in [0.3, 0.4) is 0 Å². The number of amides is 2. The molecule has 0 unspecified atom stereocenters. The van der Waals surface area contributed by atoms with Gasteiger partial charge in [0.2, 0.25) is 11.8 Å². The molecule has 1 aliphatic heterocycles. The Kier molecular flexibility index (Phi) is 6.16. The molecular weight excluding hydrogens is 374 g/mol. The number of hydrogen-bond donors (Lipinski definition) is 1. The summed E-state index contributed by atoms with van der Waals surface area (Å²) in [5.41, 5.74) is 8.67. The first kappa shape index (κ1) is 20.6. The van der Waals surface area contributed by atoms with Crippen LogP contribution in [0.4, 0.5) is 0 Å². The van der Waals surface area contributed by atoms with Crippen LogP contribution in [-0.4, -0.2) is 34.8 Å². The molecule has 0 spiro atoms. The Morgan fingerprint density at radius 3 is 2.33 bits per heavy atom. The van der Waals surface area contributed by atoms with Crippen LogP contribution in [0.15, 0.2) is 48.8 Å². The van der Waals surface area contributed by atoms with E-state index in [2.05, 4.69) is 17.1 Å². The third-order valence-electron chi connectivity index (χ3n) is 7.05. The topological polar surface area (TPSA) is 76.3 Å². The molecule has 0 bridgehead atoms. The molecule has 1 aliphatic carbocycles. The average molecular weight is 406 g/mol. The smallest absolute Gasteiger partial charge is 0.225 e. The molecule has 0 radical (unpaired) electrons. The molecule has 0 atom stereocenters. The Labute approximate surface area is 178 Å². The lowest BCUT2D eigenvalue weighted by Gasteiger charge is -2.41. The number of hydrogen-bond acceptors (Lipinski definition) is 3. The van der Waals surface area contributed by atoms with Gasteiger partial charge in [-0.1, -0.05) is 43.5 Å². The lowest BCUT2D eigenvalue weighted by molar-refractivity contribution is -0.142. The minimum atomic E-state index is -0.605. The Morgan fingerprint density at radius 2 is 1.67 bits per heavy atom. The number of primary amides is 1. The summed E-state index contributed by atoms with van der Waals surface area (Å²) < 4.78 is 0. The first-order valence-electron chi connectivity index (χ1n) is 11.2. The van der Waals surface area contributed by atoms with Crippen LogP contribution in [0.2, 0.25) is 0 Å². The molecule has 158 valence electrons. The molecule has 2 aromatic rings. The van der Waals surface area contributed by atoms with Crippen LogP contribution in [0, 0.1) is 11.3 Å². The number of piperidine rings is 1. The highest BCUT2D eigenvalue weighted by Crippen LogP contribution is 2.38. The van der Waals surface area contributed by atoms with Gasteiger partial charge in [-0.05, 0) is 60.9 Å². The molecule has 2 N–H and O–H groups in total. The van der Waals surface area contributed by atoms with Crippen molar-refractivity contribution in [1.82, 2.24) is 9.88 Å². The van der Waals surface area contributed by atoms with E-state index in [1.165, 1.54) is 6.42 Å². The van der Waals surface area contributed by atoms with Crippen molar-refractivity contribution in [2.24, 2.45) is 17.1 Å². The van der Waals surface area contributed by atoms with Crippen molar-refractivity contribution in [2.45, 2.75) is 51.4 Å². The largest absolute Gasteiger partial charge is 0.369 e. The second kappa shape index (κ2) is 8.99. The van der Waals surface area contributed by atoms with Crippen molar-refractivity contribution >= 4 is 11.8 Å². The molecule has 2 aliphatic rings. The first-order valence-corrected chi connectivity index (χ1v) is 11.2. The van der Waals surface area contributed by atoms with Crippen LogP contribution in [0.5, 0.6) is 0 Å². The van der Waals surface area contributed by atoms with Crippen molar-refractivity contribution in [2.75, 3.05) is 13.1 Å². The van der Waals surface area contributed by atoms with E-state index >= 15 is 0 Å². The molecular formula is C25H31N3O2. The predicted octanol–water partition coefficient (Wildman–Crippen LogP) is 3.97. The number of carbonyl (C=O) groups is 2. The molecule has 5 nitrogen and oxygen atoms in total. The van der Waals surface area contributed by atoms with E-state index < -0.39 is 5.41 Å². The fourth-order valence-electron chi connectivity index (χ4n) is 5.13. The summed E-state index contributed by atoms with van der Waals surface area (Å²) >= 11 is 0. The van der Waals surface area contributed by atoms with Gasteiger partial charge in [0.1, 0.15) is 0 Å². The third-order valence-corrected chi connectivity index (χ3v) is 7.05. The predicted molar refractivity (Wildman–Crippen MR) is 117 cm³/mol. The maximum atomic E-state index is 12.9. The fourth-order valence-corrected chi connectivity index (χ4v) is 5.13. The maximum Gasteiger partial charge on any atom is 0.225 e. The summed E-state index contributed by atoms with van der Waals surface area (Å²) in [4.78, 5) is 31.6. The van der Waals surface area contributed by atoms with E-state index in [9.17, 15) is 9.59 Å². The van der Waals surface area contributed by atoms with Gasteiger partial charge in [-0.25, -0.2) is 0 Å². The Hall–Kier alpha value is -2.69. The molecule has 1 saturated heterocycles. The van der Waals surface area contributed by atoms with Crippen molar-refractivity contribution in [3.8, 4) is 11.1 Å². The zero-order valence-corrected chi connectivity index (χ0v) is 17.6. The summed E-state index contributed by atoms with van der Waals surface area (Å²) in [5.74, 6) is 0.203. The van der Waals surface area contributed by atoms with Gasteiger partial charge >= 0.3 is 0 Å². The summed E-state index contributed by atoms with van der Waals surface area (Å²) in [6.07, 6.45) is 11.0. The SMILES string of the molecule is NC(=O)C1(Cc2ccccc2-c2ccncc2)CCN(C(=O)C2CCCCC2)CC1. The monoisotopic (exact) mass is 405 g/mol. The van der Waals surface area contributed by atoms with Crippen LogP contribution < -0.4 is 5.73 Å². The number of nitrogens with two attached hydrogens (primary N) is 1. The zero-order chi connectivity index (χ0) is 21.0. The lowest BCUT2D eigenvalue weighted by Crippen LogP contribution is -2.51. The normalized spacial score (nSPS) is 19.4. The third kappa shape index (κ3) is 4.25. The molecule has 2 amide bonds. The summed E-state index contributed by atoms with van der Waals surface area (Å²) in [7, 11) is 0. The Bertz CT molecular complexity index is 882. The quantitative estimate of drug-likeness (QED) is 0.818. The van der Waals surface area contributed by atoms with Crippen LogP contribution in [0.1, 0.15) is 50.5 Å². The zero-order valence-electron chi connectivity index (χ0n) is 17.6. The van der Waals surface area contributed by atoms with Gasteiger partial charge in [0.05, 0.1) is 5.41 Å². The van der Waals surface area contributed by atoms with E-state index in [4.69, 9.17) is 5.73 Å². The van der Waals surface area contributed by atoms with Gasteiger partial charge in [-0.15, -0.1) is 0 Å². The van der Waals surface area contributed by atoms with E-state index in [1.807, 2.05) is 29.2 Å². The number of likely N-dealkylation sites (tertiary alicyclic amines) is 1. The number of nitrogens with zero attached hydrogens (tertiary/aromatic N) is 2. The molecule has 1 aromatic heterocycles. The van der Waals surface area contributed by atoms with Gasteiger partial charge in [0.25, 0.3) is 0 Å². The first-order chi connectivity index (χ1) is 14.6. The van der Waals surface area contributed by atoms with Crippen molar-refractivity contribution in [1.29, 1.82) is 0 Å². The minimum Gasteiger partial charge on any atom is -0.369 e. The second-order valence-electron chi connectivity index (χ2n) is 8.87. The van der Waals surface area contributed by atoms with Crippen LogP contribution in [0.25, 0.3) is 11.1 Å². The van der Waals surface area contributed by atoms with E-state index in [-0.39, 0.29) is 17.7 Å². The highest BCUT2D eigenvalue weighted by Gasteiger charge is 2.42. The Balaban J connectivity index is 1.51. The second-order valence-corrected chi connectivity index (χ2v) is 8.87. The van der Waals surface area contributed by atoms with Gasteiger partial charge in [-0.2, -0.15) is 0 Å². The minimum absolute atomic E-state index is 0.173. The maximum absolute atomic E-state index is 12.9. The van der Waals surface area contributed by atoms with E-state index in [0.717, 1.165) is 42.4 Å². The van der Waals surface area contributed by atoms with Gasteiger partial charge in [-0.3, -0.25) is 14.6 Å². The van der Waals surface area contributed by atoms with Crippen molar-refractivity contribution < 1.29 is 9.59 Å². The number of benzene rings is 1. The number of carbonyl (C=O) groups excluding carboxylic acids is 2. The summed E-state index contributed by atoms with van der Waals surface area (Å²) in [6, 6.07) is 12.2. The standard InChI is InChI=1S/C25H31N3O2/c26-24(30)25(12-16-28(17-13-25)23(29)20-6-2-1-3-7-20)18-21-8-4-5-9-22(21)19-10-14-27-15-11-19/h4-5,8-11,14-15,20H,1-3,6-7,12-13,16-18H2,(H2,26,30). The van der Waals surface area contributed by atoms with Crippen molar-refractivity contribution in [3.63, 3.8) is 0 Å². The van der Waals surface area contributed by atoms with Crippen LogP contribution >= 0.6 is 0 Å². The highest BCUT2D eigenvalue weighted by atomic mass is 16.2. The fraction of sp³-hybridized carbons (Fsp3) is 0.480. The molecule has 4 rings (SSSR count). The Morgan fingerprint density at radius 1 is 1.00 bits per heavy atom. The van der Waals surface area contributed by atoms with Gasteiger partial charge in [0, 0.05) is 31.4 Å². The molecule has 2 heterocycles.